The minimum absolute atomic E-state index is 0.0249. The largest absolute Gasteiger partial charge is 0.416 e. The molecule has 2 aromatic carbocycles. The van der Waals surface area contributed by atoms with Crippen LogP contribution in [0.5, 0.6) is 0 Å². The van der Waals surface area contributed by atoms with E-state index in [9.17, 15) is 22.0 Å². The van der Waals surface area contributed by atoms with Crippen LogP contribution in [0, 0.1) is 11.6 Å². The van der Waals surface area contributed by atoms with Crippen molar-refractivity contribution < 1.29 is 31.4 Å². The Morgan fingerprint density at radius 2 is 1.82 bits per heavy atom. The Kier molecular flexibility index (Phi) is 7.49. The number of nitrogens with one attached hydrogen (secondary N) is 1. The van der Waals surface area contributed by atoms with Crippen molar-refractivity contribution in [3.05, 3.63) is 82.2 Å². The molecule has 0 aliphatic carbocycles. The van der Waals surface area contributed by atoms with E-state index in [-0.39, 0.29) is 18.2 Å². The lowest BCUT2D eigenvalue weighted by atomic mass is 9.98. The van der Waals surface area contributed by atoms with Crippen LogP contribution < -0.4 is 0 Å². The summed E-state index contributed by atoms with van der Waals surface area (Å²) in [5, 5.41) is 11.4. The highest BCUT2D eigenvalue weighted by Crippen LogP contribution is 2.40. The first-order valence-corrected chi connectivity index (χ1v) is 12.3. The van der Waals surface area contributed by atoms with Crippen molar-refractivity contribution in [1.29, 1.82) is 0 Å². The van der Waals surface area contributed by atoms with Crippen LogP contribution in [-0.2, 0) is 22.2 Å². The van der Waals surface area contributed by atoms with Gasteiger partial charge in [0.1, 0.15) is 23.0 Å². The summed E-state index contributed by atoms with van der Waals surface area (Å²) in [6.45, 7) is 4.34. The smallest absolute Gasteiger partial charge is 0.349 e. The van der Waals surface area contributed by atoms with Crippen molar-refractivity contribution in [2.45, 2.75) is 50.5 Å². The molecule has 5 rings (SSSR count). The summed E-state index contributed by atoms with van der Waals surface area (Å²) in [7, 11) is 1.86. The van der Waals surface area contributed by atoms with Gasteiger partial charge in [-0.1, -0.05) is 12.1 Å². The molecule has 2 fully saturated rings. The molecule has 1 unspecified atom stereocenters. The van der Waals surface area contributed by atoms with Gasteiger partial charge < -0.3 is 9.47 Å². The Hall–Kier alpha value is -2.93. The van der Waals surface area contributed by atoms with Crippen molar-refractivity contribution in [2.75, 3.05) is 26.7 Å². The molecule has 3 aromatic rings. The number of ether oxygens (including phenoxy) is 2. The summed E-state index contributed by atoms with van der Waals surface area (Å²) in [5.41, 5.74) is 1.13. The Morgan fingerprint density at radius 3 is 2.47 bits per heavy atom. The topological polar surface area (TPSA) is 66.5 Å². The van der Waals surface area contributed by atoms with Gasteiger partial charge in [-0.3, -0.25) is 9.80 Å². The molecule has 0 saturated carbocycles. The molecule has 2 saturated heterocycles. The summed E-state index contributed by atoms with van der Waals surface area (Å²) < 4.78 is 79.8. The highest BCUT2D eigenvalue weighted by atomic mass is 19.4. The van der Waals surface area contributed by atoms with Gasteiger partial charge in [0, 0.05) is 6.54 Å². The number of rotatable bonds is 7. The fourth-order valence-electron chi connectivity index (χ4n) is 4.90. The summed E-state index contributed by atoms with van der Waals surface area (Å²) >= 11 is 0. The average molecular weight is 538 g/mol. The quantitative estimate of drug-likeness (QED) is 0.421. The van der Waals surface area contributed by atoms with E-state index < -0.39 is 41.8 Å². The molecule has 1 N–H and O–H groups in total. The van der Waals surface area contributed by atoms with Crippen molar-refractivity contribution in [1.82, 2.24) is 25.2 Å². The molecule has 38 heavy (non-hydrogen) atoms. The van der Waals surface area contributed by atoms with E-state index in [1.165, 1.54) is 19.1 Å². The number of benzene rings is 2. The minimum atomic E-state index is -4.70. The van der Waals surface area contributed by atoms with Gasteiger partial charge in [0.2, 0.25) is 0 Å². The second kappa shape index (κ2) is 10.7. The molecule has 2 aliphatic rings. The van der Waals surface area contributed by atoms with Gasteiger partial charge in [0.25, 0.3) is 0 Å². The molecule has 4 atom stereocenters. The minimum Gasteiger partial charge on any atom is -0.349 e. The van der Waals surface area contributed by atoms with Crippen LogP contribution in [0.3, 0.4) is 0 Å². The molecule has 7 nitrogen and oxygen atoms in total. The van der Waals surface area contributed by atoms with Crippen molar-refractivity contribution in [2.24, 2.45) is 0 Å². The normalized spacial score (nSPS) is 23.8. The number of aromatic nitrogens is 3. The Morgan fingerprint density at radius 1 is 1.08 bits per heavy atom. The van der Waals surface area contributed by atoms with Crippen LogP contribution in [0.1, 0.15) is 59.6 Å². The third kappa shape index (κ3) is 5.58. The van der Waals surface area contributed by atoms with Gasteiger partial charge in [0.15, 0.2) is 6.29 Å². The number of morpholine rings is 1. The number of nitrogens with zero attached hydrogens (tertiary/aromatic N) is 4. The first-order valence-electron chi connectivity index (χ1n) is 12.3. The van der Waals surface area contributed by atoms with E-state index in [0.29, 0.717) is 18.2 Å². The van der Waals surface area contributed by atoms with E-state index >= 15 is 0 Å². The zero-order chi connectivity index (χ0) is 27.0. The highest BCUT2D eigenvalue weighted by molar-refractivity contribution is 5.29. The summed E-state index contributed by atoms with van der Waals surface area (Å²) in [6, 6.07) is 7.30. The third-order valence-corrected chi connectivity index (χ3v) is 7.16. The molecule has 1 aromatic heterocycles. The standard InChI is InChI=1S/C26H28F5N5O2/c1-15(17-10-18(26(29,30)31)12-20(28)11-17)38-25-24(16-4-6-19(27)7-5-16)35(2)22(14-37-25)23-21(32-34-33-23)13-36-8-3-9-36/h4-7,10-12,15,22,24-25H,3,8-9,13-14H2,1-2H3,(H,32,33,34)/t15-,22?,24+,25-/m1/s1. The Labute approximate surface area is 216 Å². The number of H-pyrrole nitrogens is 1. The van der Waals surface area contributed by atoms with E-state index in [1.54, 1.807) is 12.1 Å². The molecular formula is C26H28F5N5O2. The number of halogens is 5. The molecule has 0 radical (unpaired) electrons. The van der Waals surface area contributed by atoms with E-state index in [1.807, 2.05) is 11.9 Å². The molecule has 0 spiro atoms. The Bertz CT molecular complexity index is 1250. The van der Waals surface area contributed by atoms with Gasteiger partial charge in [-0.05, 0) is 74.9 Å². The molecule has 204 valence electrons. The predicted octanol–water partition coefficient (Wildman–Crippen LogP) is 5.16. The first kappa shape index (κ1) is 26.7. The number of hydrogen-bond acceptors (Lipinski definition) is 6. The van der Waals surface area contributed by atoms with Gasteiger partial charge in [0.05, 0.1) is 30.4 Å². The second-order valence-corrected chi connectivity index (χ2v) is 9.71. The van der Waals surface area contributed by atoms with E-state index in [2.05, 4.69) is 20.3 Å². The van der Waals surface area contributed by atoms with Crippen LogP contribution in [0.15, 0.2) is 42.5 Å². The monoisotopic (exact) mass is 537 g/mol. The van der Waals surface area contributed by atoms with Gasteiger partial charge in [-0.2, -0.15) is 28.6 Å². The van der Waals surface area contributed by atoms with Crippen LogP contribution in [0.2, 0.25) is 0 Å². The van der Waals surface area contributed by atoms with Crippen LogP contribution >= 0.6 is 0 Å². The zero-order valence-corrected chi connectivity index (χ0v) is 20.9. The number of likely N-dealkylation sites (tertiary alicyclic amines) is 1. The lowest BCUT2D eigenvalue weighted by Crippen LogP contribution is -2.47. The lowest BCUT2D eigenvalue weighted by molar-refractivity contribution is -0.241. The highest BCUT2D eigenvalue weighted by Gasteiger charge is 2.41. The maximum atomic E-state index is 14.1. The maximum absolute atomic E-state index is 14.1. The maximum Gasteiger partial charge on any atom is 0.416 e. The lowest BCUT2D eigenvalue weighted by Gasteiger charge is -2.44. The van der Waals surface area contributed by atoms with Crippen LogP contribution in [-0.4, -0.2) is 58.2 Å². The third-order valence-electron chi connectivity index (χ3n) is 7.16. The van der Waals surface area contributed by atoms with Gasteiger partial charge in [-0.15, -0.1) is 0 Å². The molecule has 12 heteroatoms. The van der Waals surface area contributed by atoms with Gasteiger partial charge >= 0.3 is 6.18 Å². The number of alkyl halides is 3. The molecule has 2 aliphatic heterocycles. The number of aromatic amines is 1. The van der Waals surface area contributed by atoms with Crippen molar-refractivity contribution in [3.8, 4) is 0 Å². The molecule has 0 amide bonds. The molecule has 3 heterocycles. The van der Waals surface area contributed by atoms with E-state index in [4.69, 9.17) is 9.47 Å². The first-order chi connectivity index (χ1) is 18.1. The fourth-order valence-corrected chi connectivity index (χ4v) is 4.90. The molecule has 0 bridgehead atoms. The summed E-state index contributed by atoms with van der Waals surface area (Å²) in [6.07, 6.45) is -5.44. The van der Waals surface area contributed by atoms with Crippen LogP contribution in [0.25, 0.3) is 0 Å². The van der Waals surface area contributed by atoms with Crippen molar-refractivity contribution >= 4 is 0 Å². The predicted molar refractivity (Wildman–Crippen MR) is 127 cm³/mol. The zero-order valence-electron chi connectivity index (χ0n) is 20.9. The van der Waals surface area contributed by atoms with E-state index in [0.717, 1.165) is 43.0 Å². The second-order valence-electron chi connectivity index (χ2n) is 9.71. The van der Waals surface area contributed by atoms with Gasteiger partial charge in [-0.25, -0.2) is 8.78 Å². The SMILES string of the molecule is C[C@@H](O[C@H]1OCC(c2n[nH]nc2CN2CCC2)N(C)[C@H]1c1ccc(F)cc1)c1cc(F)cc(C(F)(F)F)c1. The fraction of sp³-hybridized carbons (Fsp3) is 0.462. The average Bonchev–Trinajstić information content (AvgIpc) is 3.29. The van der Waals surface area contributed by atoms with Crippen molar-refractivity contribution in [3.63, 3.8) is 0 Å². The van der Waals surface area contributed by atoms with Crippen LogP contribution in [0.4, 0.5) is 22.0 Å². The summed E-state index contributed by atoms with van der Waals surface area (Å²) in [4.78, 5) is 4.24. The summed E-state index contributed by atoms with van der Waals surface area (Å²) in [5.74, 6) is -1.42. The molecular weight excluding hydrogens is 509 g/mol. The number of likely N-dealkylation sites (N-methyl/N-ethyl adjacent to an activating group) is 1. The number of hydrogen-bond donors (Lipinski definition) is 1. The Balaban J connectivity index is 1.42.